The van der Waals surface area contributed by atoms with Gasteiger partial charge in [0, 0.05) is 0 Å². The first-order valence-corrected chi connectivity index (χ1v) is 3.59. The molecule has 0 amide bonds. The highest BCUT2D eigenvalue weighted by molar-refractivity contribution is 7.11. The van der Waals surface area contributed by atoms with E-state index in [0.717, 1.165) is 11.3 Å². The Morgan fingerprint density at radius 2 is 2.64 bits per heavy atom. The van der Waals surface area contributed by atoms with Crippen molar-refractivity contribution in [1.29, 1.82) is 5.26 Å². The van der Waals surface area contributed by atoms with Gasteiger partial charge in [-0.15, -0.1) is 11.3 Å². The average Bonchev–Trinajstić information content (AvgIpc) is 2.50. The molecule has 0 atom stereocenters. The first kappa shape index (κ1) is 7.76. The molecule has 11 heavy (non-hydrogen) atoms. The van der Waals surface area contributed by atoms with E-state index < -0.39 is 5.97 Å². The molecule has 1 aromatic rings. The Hall–Kier alpha value is -1.34. The van der Waals surface area contributed by atoms with Gasteiger partial charge in [0.1, 0.15) is 10.9 Å². The van der Waals surface area contributed by atoms with Gasteiger partial charge in [0.15, 0.2) is 0 Å². The van der Waals surface area contributed by atoms with E-state index in [4.69, 9.17) is 5.26 Å². The molecule has 0 aliphatic heterocycles. The van der Waals surface area contributed by atoms with Crippen molar-refractivity contribution in [1.82, 2.24) is 0 Å². The third-order valence-corrected chi connectivity index (χ3v) is 1.88. The third-order valence-electron chi connectivity index (χ3n) is 1.05. The van der Waals surface area contributed by atoms with Gasteiger partial charge in [0.05, 0.1) is 18.1 Å². The van der Waals surface area contributed by atoms with Crippen LogP contribution in [0.5, 0.6) is 0 Å². The maximum atomic E-state index is 10.8. The van der Waals surface area contributed by atoms with Crippen LogP contribution in [0.15, 0.2) is 6.07 Å². The molecule has 0 saturated carbocycles. The molecular weight excluding hydrogens is 162 g/mol. The van der Waals surface area contributed by atoms with Crippen LogP contribution in [-0.4, -0.2) is 13.1 Å². The van der Waals surface area contributed by atoms with Crippen LogP contribution >= 0.6 is 11.3 Å². The molecular formula is C7H4NO2S. The first-order valence-electron chi connectivity index (χ1n) is 2.78. The number of thiophene rings is 1. The number of hydrogen-bond acceptors (Lipinski definition) is 4. The highest BCUT2D eigenvalue weighted by Gasteiger charge is 2.08. The van der Waals surface area contributed by atoms with E-state index in [1.807, 2.05) is 6.07 Å². The molecule has 0 spiro atoms. The molecule has 1 aromatic heterocycles. The SMILES string of the molecule is COC(=O)c1cc(C#N)[c]s1. The second kappa shape index (κ2) is 3.17. The van der Waals surface area contributed by atoms with Crippen LogP contribution in [0.3, 0.4) is 0 Å². The second-order valence-corrected chi connectivity index (χ2v) is 2.58. The number of nitriles is 1. The lowest BCUT2D eigenvalue weighted by Gasteiger charge is -1.90. The number of ether oxygens (including phenoxy) is 1. The molecule has 0 unspecified atom stereocenters. The van der Waals surface area contributed by atoms with Crippen LogP contribution < -0.4 is 0 Å². The summed E-state index contributed by atoms with van der Waals surface area (Å²) in [6.07, 6.45) is 0. The lowest BCUT2D eigenvalue weighted by molar-refractivity contribution is 0.0606. The molecule has 0 N–H and O–H groups in total. The summed E-state index contributed by atoms with van der Waals surface area (Å²) >= 11 is 1.08. The molecule has 0 bridgehead atoms. The van der Waals surface area contributed by atoms with Crippen molar-refractivity contribution in [2.24, 2.45) is 0 Å². The maximum absolute atomic E-state index is 10.8. The van der Waals surface area contributed by atoms with Gasteiger partial charge in [0.25, 0.3) is 0 Å². The quantitative estimate of drug-likeness (QED) is 0.589. The number of rotatable bonds is 1. The van der Waals surface area contributed by atoms with Gasteiger partial charge in [-0.25, -0.2) is 4.79 Å². The van der Waals surface area contributed by atoms with E-state index >= 15 is 0 Å². The third kappa shape index (κ3) is 1.57. The molecule has 3 nitrogen and oxygen atoms in total. The minimum atomic E-state index is -0.423. The summed E-state index contributed by atoms with van der Waals surface area (Å²) in [5.74, 6) is -0.423. The maximum Gasteiger partial charge on any atom is 0.348 e. The van der Waals surface area contributed by atoms with Crippen molar-refractivity contribution in [2.75, 3.05) is 7.11 Å². The summed E-state index contributed by atoms with van der Waals surface area (Å²) in [5.41, 5.74) is 0.371. The fourth-order valence-corrected chi connectivity index (χ4v) is 1.22. The van der Waals surface area contributed by atoms with E-state index in [9.17, 15) is 4.79 Å². The Labute approximate surface area is 67.8 Å². The molecule has 1 radical (unpaired) electrons. The normalized spacial score (nSPS) is 8.73. The largest absolute Gasteiger partial charge is 0.465 e. The Morgan fingerprint density at radius 1 is 1.91 bits per heavy atom. The average molecular weight is 166 g/mol. The Balaban J connectivity index is 2.91. The lowest BCUT2D eigenvalue weighted by atomic mass is 10.3. The van der Waals surface area contributed by atoms with Crippen LogP contribution in [0.1, 0.15) is 15.2 Å². The van der Waals surface area contributed by atoms with Crippen molar-refractivity contribution >= 4 is 17.3 Å². The molecule has 0 aromatic carbocycles. The fourth-order valence-electron chi connectivity index (χ4n) is 0.556. The molecule has 0 aliphatic carbocycles. The molecule has 0 saturated heterocycles. The minimum absolute atomic E-state index is 0.371. The lowest BCUT2D eigenvalue weighted by Crippen LogP contribution is -1.96. The van der Waals surface area contributed by atoms with Gasteiger partial charge in [-0.2, -0.15) is 5.26 Å². The number of hydrogen-bond donors (Lipinski definition) is 0. The second-order valence-electron chi connectivity index (χ2n) is 1.73. The summed E-state index contributed by atoms with van der Waals surface area (Å²) < 4.78 is 4.44. The van der Waals surface area contributed by atoms with Crippen molar-refractivity contribution in [2.45, 2.75) is 0 Å². The van der Waals surface area contributed by atoms with Gasteiger partial charge < -0.3 is 4.74 Å². The van der Waals surface area contributed by atoms with Crippen molar-refractivity contribution in [3.63, 3.8) is 0 Å². The van der Waals surface area contributed by atoms with E-state index in [2.05, 4.69) is 10.1 Å². The number of carbonyl (C=O) groups excluding carboxylic acids is 1. The zero-order chi connectivity index (χ0) is 8.27. The molecule has 4 heteroatoms. The van der Waals surface area contributed by atoms with Crippen LogP contribution in [0.4, 0.5) is 0 Å². The monoisotopic (exact) mass is 166 g/mol. The highest BCUT2D eigenvalue weighted by Crippen LogP contribution is 2.13. The number of esters is 1. The van der Waals surface area contributed by atoms with Crippen LogP contribution in [0.2, 0.25) is 0 Å². The van der Waals surface area contributed by atoms with Gasteiger partial charge in [-0.3, -0.25) is 0 Å². The molecule has 0 aliphatic rings. The summed E-state index contributed by atoms with van der Waals surface area (Å²) in [6, 6.07) is 3.33. The Bertz CT molecular complexity index is 310. The van der Waals surface area contributed by atoms with E-state index in [1.54, 1.807) is 0 Å². The van der Waals surface area contributed by atoms with Crippen LogP contribution in [0.25, 0.3) is 0 Å². The van der Waals surface area contributed by atoms with E-state index in [-0.39, 0.29) is 0 Å². The number of methoxy groups -OCH3 is 1. The summed E-state index contributed by atoms with van der Waals surface area (Å²) in [5, 5.41) is 11.0. The molecule has 1 rings (SSSR count). The zero-order valence-electron chi connectivity index (χ0n) is 5.75. The van der Waals surface area contributed by atoms with Gasteiger partial charge in [-0.05, 0) is 6.07 Å². The van der Waals surface area contributed by atoms with Crippen LogP contribution in [0, 0.1) is 16.7 Å². The van der Waals surface area contributed by atoms with Crippen molar-refractivity contribution in [3.8, 4) is 6.07 Å². The predicted octanol–water partition coefficient (Wildman–Crippen LogP) is 1.21. The molecule has 0 fully saturated rings. The predicted molar refractivity (Wildman–Crippen MR) is 39.2 cm³/mol. The van der Waals surface area contributed by atoms with Crippen molar-refractivity contribution < 1.29 is 9.53 Å². The fraction of sp³-hybridized carbons (Fsp3) is 0.143. The number of nitrogens with zero attached hydrogens (tertiary/aromatic N) is 1. The zero-order valence-corrected chi connectivity index (χ0v) is 6.57. The number of carbonyl (C=O) groups is 1. The smallest absolute Gasteiger partial charge is 0.348 e. The van der Waals surface area contributed by atoms with Gasteiger partial charge in [0.2, 0.25) is 0 Å². The van der Waals surface area contributed by atoms with Gasteiger partial charge >= 0.3 is 5.97 Å². The molecule has 55 valence electrons. The highest BCUT2D eigenvalue weighted by atomic mass is 32.1. The van der Waals surface area contributed by atoms with Crippen molar-refractivity contribution in [3.05, 3.63) is 21.9 Å². The van der Waals surface area contributed by atoms with Gasteiger partial charge in [-0.1, -0.05) is 0 Å². The van der Waals surface area contributed by atoms with Crippen LogP contribution in [-0.2, 0) is 4.74 Å². The Kier molecular flexibility index (Phi) is 2.24. The van der Waals surface area contributed by atoms with E-state index in [0.29, 0.717) is 10.4 Å². The standard InChI is InChI=1S/C7H4NO2S/c1-10-7(9)6-2-5(3-8)4-11-6/h2H,1H3. The molecule has 1 heterocycles. The summed E-state index contributed by atoms with van der Waals surface area (Å²) in [7, 11) is 1.30. The minimum Gasteiger partial charge on any atom is -0.465 e. The first-order chi connectivity index (χ1) is 5.27. The van der Waals surface area contributed by atoms with E-state index in [1.165, 1.54) is 13.2 Å². The summed E-state index contributed by atoms with van der Waals surface area (Å²) in [4.78, 5) is 11.2. The Morgan fingerprint density at radius 3 is 3.09 bits per heavy atom. The topological polar surface area (TPSA) is 50.1 Å². The summed E-state index contributed by atoms with van der Waals surface area (Å²) in [6.45, 7) is 0.